The minimum absolute atomic E-state index is 0.0267. The zero-order valence-electron chi connectivity index (χ0n) is 9.80. The normalized spacial score (nSPS) is 10.6. The monoisotopic (exact) mass is 259 g/mol. The molecular formula is C12H15ClFNO2. The standard InChI is InChI=1S/C12H15ClFNO2/c1-8(2)15-6-12(16)17-7-9-3-4-11(14)10(13)5-9/h3-5,8,15H,6-7H2,1-2H3. The van der Waals surface area contributed by atoms with E-state index >= 15 is 0 Å². The van der Waals surface area contributed by atoms with Gasteiger partial charge in [-0.1, -0.05) is 31.5 Å². The van der Waals surface area contributed by atoms with Crippen LogP contribution in [0.1, 0.15) is 19.4 Å². The Morgan fingerprint density at radius 1 is 1.53 bits per heavy atom. The molecule has 0 aliphatic heterocycles. The van der Waals surface area contributed by atoms with E-state index in [1.54, 1.807) is 0 Å². The van der Waals surface area contributed by atoms with Crippen LogP contribution in [-0.2, 0) is 16.1 Å². The summed E-state index contributed by atoms with van der Waals surface area (Å²) in [4.78, 5) is 11.3. The van der Waals surface area contributed by atoms with Crippen LogP contribution in [0.5, 0.6) is 0 Å². The third-order valence-corrected chi connectivity index (χ3v) is 2.33. The zero-order valence-corrected chi connectivity index (χ0v) is 10.6. The molecule has 3 nitrogen and oxygen atoms in total. The number of hydrogen-bond acceptors (Lipinski definition) is 3. The minimum atomic E-state index is -0.483. The largest absolute Gasteiger partial charge is 0.460 e. The number of halogens is 2. The van der Waals surface area contributed by atoms with E-state index in [1.807, 2.05) is 13.8 Å². The van der Waals surface area contributed by atoms with Crippen molar-refractivity contribution in [3.05, 3.63) is 34.6 Å². The summed E-state index contributed by atoms with van der Waals surface area (Å²) in [6.07, 6.45) is 0. The van der Waals surface area contributed by atoms with Crippen LogP contribution in [0.2, 0.25) is 5.02 Å². The molecule has 0 aliphatic rings. The summed E-state index contributed by atoms with van der Waals surface area (Å²) in [6.45, 7) is 4.13. The Morgan fingerprint density at radius 2 is 2.24 bits per heavy atom. The zero-order chi connectivity index (χ0) is 12.8. The van der Waals surface area contributed by atoms with E-state index in [0.29, 0.717) is 5.56 Å². The lowest BCUT2D eigenvalue weighted by Gasteiger charge is -2.08. The van der Waals surface area contributed by atoms with Crippen LogP contribution >= 0.6 is 11.6 Å². The maximum Gasteiger partial charge on any atom is 0.320 e. The molecule has 0 aromatic heterocycles. The molecule has 1 rings (SSSR count). The van der Waals surface area contributed by atoms with Crippen molar-refractivity contribution in [2.75, 3.05) is 6.54 Å². The Hall–Kier alpha value is -1.13. The number of carbonyl (C=O) groups excluding carboxylic acids is 1. The Kier molecular flexibility index (Phi) is 5.38. The van der Waals surface area contributed by atoms with Crippen LogP contribution < -0.4 is 5.32 Å². The molecule has 0 atom stereocenters. The molecule has 94 valence electrons. The summed E-state index contributed by atoms with van der Waals surface area (Å²) in [6, 6.07) is 4.45. The van der Waals surface area contributed by atoms with Gasteiger partial charge in [-0.3, -0.25) is 4.79 Å². The highest BCUT2D eigenvalue weighted by molar-refractivity contribution is 6.30. The molecule has 0 radical (unpaired) electrons. The molecule has 0 heterocycles. The summed E-state index contributed by atoms with van der Waals surface area (Å²) in [5.74, 6) is -0.831. The van der Waals surface area contributed by atoms with Gasteiger partial charge in [0.25, 0.3) is 0 Å². The number of ether oxygens (including phenoxy) is 1. The van der Waals surface area contributed by atoms with Gasteiger partial charge in [0.2, 0.25) is 0 Å². The number of benzene rings is 1. The van der Waals surface area contributed by atoms with Crippen LogP contribution in [0.25, 0.3) is 0 Å². The highest BCUT2D eigenvalue weighted by atomic mass is 35.5. The van der Waals surface area contributed by atoms with Crippen molar-refractivity contribution in [3.8, 4) is 0 Å². The lowest BCUT2D eigenvalue weighted by molar-refractivity contribution is -0.143. The second-order valence-electron chi connectivity index (χ2n) is 3.94. The van der Waals surface area contributed by atoms with Gasteiger partial charge < -0.3 is 10.1 Å². The van der Waals surface area contributed by atoms with Gasteiger partial charge in [0.15, 0.2) is 0 Å². The van der Waals surface area contributed by atoms with Crippen LogP contribution in [0.15, 0.2) is 18.2 Å². The van der Waals surface area contributed by atoms with Gasteiger partial charge in [0, 0.05) is 6.04 Å². The maximum atomic E-state index is 12.9. The van der Waals surface area contributed by atoms with Gasteiger partial charge in [-0.05, 0) is 17.7 Å². The highest BCUT2D eigenvalue weighted by Gasteiger charge is 2.05. The fourth-order valence-electron chi connectivity index (χ4n) is 1.13. The molecule has 0 fully saturated rings. The van der Waals surface area contributed by atoms with Crippen molar-refractivity contribution < 1.29 is 13.9 Å². The smallest absolute Gasteiger partial charge is 0.320 e. The second-order valence-corrected chi connectivity index (χ2v) is 4.35. The summed E-state index contributed by atoms with van der Waals surface area (Å²) in [5, 5.41) is 2.97. The third-order valence-electron chi connectivity index (χ3n) is 2.04. The number of esters is 1. The molecular weight excluding hydrogens is 245 g/mol. The number of rotatable bonds is 5. The molecule has 1 aromatic carbocycles. The molecule has 0 saturated carbocycles. The first-order valence-corrected chi connectivity index (χ1v) is 5.69. The molecule has 0 amide bonds. The van der Waals surface area contributed by atoms with Crippen molar-refractivity contribution in [1.29, 1.82) is 0 Å². The molecule has 0 aliphatic carbocycles. The van der Waals surface area contributed by atoms with Crippen LogP contribution in [0, 0.1) is 5.82 Å². The van der Waals surface area contributed by atoms with E-state index in [-0.39, 0.29) is 30.2 Å². The van der Waals surface area contributed by atoms with E-state index in [4.69, 9.17) is 16.3 Å². The molecule has 1 N–H and O–H groups in total. The topological polar surface area (TPSA) is 38.3 Å². The van der Waals surface area contributed by atoms with Crippen molar-refractivity contribution in [2.45, 2.75) is 26.5 Å². The van der Waals surface area contributed by atoms with Crippen LogP contribution in [0.3, 0.4) is 0 Å². The molecule has 0 spiro atoms. The first-order valence-electron chi connectivity index (χ1n) is 5.32. The van der Waals surface area contributed by atoms with Crippen molar-refractivity contribution in [3.63, 3.8) is 0 Å². The van der Waals surface area contributed by atoms with Crippen LogP contribution in [0.4, 0.5) is 4.39 Å². The first kappa shape index (κ1) is 13.9. The number of hydrogen-bond donors (Lipinski definition) is 1. The molecule has 0 unspecified atom stereocenters. The Balaban J connectivity index is 2.39. The van der Waals surface area contributed by atoms with Gasteiger partial charge in [-0.25, -0.2) is 4.39 Å². The summed E-state index contributed by atoms with van der Waals surface area (Å²) >= 11 is 5.60. The summed E-state index contributed by atoms with van der Waals surface area (Å²) < 4.78 is 17.8. The van der Waals surface area contributed by atoms with E-state index in [1.165, 1.54) is 18.2 Å². The Labute approximate surface area is 105 Å². The lowest BCUT2D eigenvalue weighted by atomic mass is 10.2. The van der Waals surface area contributed by atoms with E-state index in [9.17, 15) is 9.18 Å². The quantitative estimate of drug-likeness (QED) is 0.826. The van der Waals surface area contributed by atoms with Crippen molar-refractivity contribution in [1.82, 2.24) is 5.32 Å². The Morgan fingerprint density at radius 3 is 2.82 bits per heavy atom. The second kappa shape index (κ2) is 6.57. The highest BCUT2D eigenvalue weighted by Crippen LogP contribution is 2.16. The van der Waals surface area contributed by atoms with E-state index in [0.717, 1.165) is 0 Å². The fourth-order valence-corrected chi connectivity index (χ4v) is 1.33. The summed E-state index contributed by atoms with van der Waals surface area (Å²) in [5.41, 5.74) is 0.661. The average molecular weight is 260 g/mol. The minimum Gasteiger partial charge on any atom is -0.460 e. The maximum absolute atomic E-state index is 12.9. The predicted molar refractivity (Wildman–Crippen MR) is 64.3 cm³/mol. The van der Waals surface area contributed by atoms with Gasteiger partial charge in [0.05, 0.1) is 11.6 Å². The number of nitrogens with one attached hydrogen (secondary N) is 1. The van der Waals surface area contributed by atoms with Gasteiger partial charge in [-0.2, -0.15) is 0 Å². The van der Waals surface area contributed by atoms with E-state index < -0.39 is 5.82 Å². The lowest BCUT2D eigenvalue weighted by Crippen LogP contribution is -2.30. The summed E-state index contributed by atoms with van der Waals surface area (Å²) in [7, 11) is 0. The average Bonchev–Trinajstić information content (AvgIpc) is 2.28. The molecule has 17 heavy (non-hydrogen) atoms. The van der Waals surface area contributed by atoms with Gasteiger partial charge in [-0.15, -0.1) is 0 Å². The predicted octanol–water partition coefficient (Wildman–Crippen LogP) is 2.52. The van der Waals surface area contributed by atoms with Gasteiger partial charge >= 0.3 is 5.97 Å². The Bertz CT molecular complexity index is 396. The van der Waals surface area contributed by atoms with Crippen molar-refractivity contribution in [2.24, 2.45) is 0 Å². The first-order chi connectivity index (χ1) is 7.99. The SMILES string of the molecule is CC(C)NCC(=O)OCc1ccc(F)c(Cl)c1. The number of carbonyl (C=O) groups is 1. The fraction of sp³-hybridized carbons (Fsp3) is 0.417. The third kappa shape index (κ3) is 5.15. The van der Waals surface area contributed by atoms with Crippen LogP contribution in [-0.4, -0.2) is 18.6 Å². The molecule has 1 aromatic rings. The molecule has 0 saturated heterocycles. The van der Waals surface area contributed by atoms with Crippen molar-refractivity contribution >= 4 is 17.6 Å². The van der Waals surface area contributed by atoms with Gasteiger partial charge in [0.1, 0.15) is 12.4 Å². The molecule has 5 heteroatoms. The van der Waals surface area contributed by atoms with E-state index in [2.05, 4.69) is 5.32 Å². The molecule has 0 bridgehead atoms.